The van der Waals surface area contributed by atoms with Gasteiger partial charge in [-0.25, -0.2) is 4.79 Å². The van der Waals surface area contributed by atoms with Gasteiger partial charge in [0.15, 0.2) is 5.69 Å². The van der Waals surface area contributed by atoms with Gasteiger partial charge in [-0.15, -0.1) is 0 Å². The summed E-state index contributed by atoms with van der Waals surface area (Å²) in [4.78, 5) is 22.2. The third-order valence-electron chi connectivity index (χ3n) is 4.36. The number of benzene rings is 1. The molecule has 0 spiro atoms. The minimum atomic E-state index is -0.513. The van der Waals surface area contributed by atoms with Crippen molar-refractivity contribution in [1.82, 2.24) is 14.9 Å². The average Bonchev–Trinajstić information content (AvgIpc) is 3.13. The number of nitrogens with two attached hydrogens (primary N) is 1. The van der Waals surface area contributed by atoms with Crippen molar-refractivity contribution in [3.63, 3.8) is 0 Å². The minimum Gasteiger partial charge on any atom is -0.479 e. The number of amides is 1. The molecule has 1 aliphatic rings. The lowest BCUT2D eigenvalue weighted by Gasteiger charge is -2.28. The first-order valence-electron chi connectivity index (χ1n) is 9.20. The molecule has 1 amide bonds. The second-order valence-corrected chi connectivity index (χ2v) is 7.60. The average molecular weight is 386 g/mol. The Morgan fingerprint density at radius 1 is 1.18 bits per heavy atom. The van der Waals surface area contributed by atoms with Crippen LogP contribution < -0.4 is 15.2 Å². The molecule has 0 unspecified atom stereocenters. The molecule has 1 aromatic carbocycles. The highest BCUT2D eigenvalue weighted by atomic mass is 16.6. The summed E-state index contributed by atoms with van der Waals surface area (Å²) in [5.41, 5.74) is 6.69. The van der Waals surface area contributed by atoms with Crippen molar-refractivity contribution in [2.24, 2.45) is 0 Å². The van der Waals surface area contributed by atoms with Crippen LogP contribution in [0.3, 0.4) is 0 Å². The third kappa shape index (κ3) is 4.44. The molecule has 0 radical (unpaired) electrons. The Labute approximate surface area is 164 Å². The lowest BCUT2D eigenvalue weighted by atomic mass is 10.0. The topological polar surface area (TPSA) is 99.8 Å². The number of carbonyl (C=O) groups is 1. The highest BCUT2D eigenvalue weighted by Crippen LogP contribution is 2.35. The number of likely N-dealkylation sites (tertiary alicyclic amines) is 1. The summed E-state index contributed by atoms with van der Waals surface area (Å²) < 4.78 is 16.4. The smallest absolute Gasteiger partial charge is 0.410 e. The lowest BCUT2D eigenvalue weighted by molar-refractivity contribution is 0.0224. The number of methoxy groups -OCH3 is 1. The second-order valence-electron chi connectivity index (χ2n) is 7.60. The fourth-order valence-electron chi connectivity index (χ4n) is 3.13. The van der Waals surface area contributed by atoms with Crippen LogP contribution in [-0.2, 0) is 4.74 Å². The van der Waals surface area contributed by atoms with E-state index in [-0.39, 0.29) is 29.6 Å². The third-order valence-corrected chi connectivity index (χ3v) is 4.36. The zero-order valence-electron chi connectivity index (χ0n) is 16.6. The highest BCUT2D eigenvalue weighted by molar-refractivity contribution is 5.69. The minimum absolute atomic E-state index is 0.00638. The molecular formula is C20H26N4O4. The monoisotopic (exact) mass is 386 g/mol. The number of ether oxygens (including phenoxy) is 3. The van der Waals surface area contributed by atoms with Gasteiger partial charge in [0, 0.05) is 6.54 Å². The van der Waals surface area contributed by atoms with Gasteiger partial charge in [-0.05, 0) is 51.3 Å². The molecule has 28 heavy (non-hydrogen) atoms. The second kappa shape index (κ2) is 7.92. The quantitative estimate of drug-likeness (QED) is 0.849. The first-order chi connectivity index (χ1) is 13.3. The molecule has 8 heteroatoms. The van der Waals surface area contributed by atoms with E-state index in [4.69, 9.17) is 19.9 Å². The Morgan fingerprint density at radius 2 is 1.86 bits per heavy atom. The van der Waals surface area contributed by atoms with Crippen molar-refractivity contribution in [2.75, 3.05) is 19.4 Å². The van der Waals surface area contributed by atoms with Gasteiger partial charge in [0.05, 0.1) is 13.2 Å². The summed E-state index contributed by atoms with van der Waals surface area (Å²) in [6, 6.07) is 7.53. The number of rotatable bonds is 4. The normalized spacial score (nSPS) is 16.7. The fraction of sp³-hybridized carbons (Fsp3) is 0.450. The molecule has 8 nitrogen and oxygen atoms in total. The molecule has 0 saturated carbocycles. The number of anilines is 1. The summed E-state index contributed by atoms with van der Waals surface area (Å²) in [6.07, 6.45) is 2.89. The van der Waals surface area contributed by atoms with E-state index in [0.29, 0.717) is 12.3 Å². The van der Waals surface area contributed by atoms with Crippen LogP contribution in [0.1, 0.15) is 45.2 Å². The van der Waals surface area contributed by atoms with Gasteiger partial charge in [0.25, 0.3) is 0 Å². The van der Waals surface area contributed by atoms with Gasteiger partial charge in [0.1, 0.15) is 17.7 Å². The maximum Gasteiger partial charge on any atom is 0.410 e. The number of aromatic nitrogens is 2. The molecule has 2 heterocycles. The van der Waals surface area contributed by atoms with E-state index in [1.807, 2.05) is 45.0 Å². The Balaban J connectivity index is 1.73. The molecule has 0 aliphatic carbocycles. The Bertz CT molecular complexity index is 833. The molecule has 0 bridgehead atoms. The van der Waals surface area contributed by atoms with E-state index in [0.717, 1.165) is 18.4 Å². The SMILES string of the molecule is COc1ncnc(Oc2ccc([C@@H]3CCCN3C(=O)OC(C)(C)C)cc2)c1N. The van der Waals surface area contributed by atoms with Crippen LogP contribution in [-0.4, -0.2) is 40.2 Å². The van der Waals surface area contributed by atoms with E-state index < -0.39 is 5.60 Å². The molecule has 2 aromatic rings. The van der Waals surface area contributed by atoms with Crippen LogP contribution >= 0.6 is 0 Å². The van der Waals surface area contributed by atoms with Gasteiger partial charge in [-0.1, -0.05) is 12.1 Å². The van der Waals surface area contributed by atoms with Crippen molar-refractivity contribution in [1.29, 1.82) is 0 Å². The molecule has 1 atom stereocenters. The Hall–Kier alpha value is -3.03. The Kier molecular flexibility index (Phi) is 5.58. The van der Waals surface area contributed by atoms with Crippen LogP contribution in [0.25, 0.3) is 0 Å². The summed E-state index contributed by atoms with van der Waals surface area (Å²) >= 11 is 0. The molecule has 1 aromatic heterocycles. The van der Waals surface area contributed by atoms with Crippen molar-refractivity contribution < 1.29 is 19.0 Å². The molecule has 150 valence electrons. The van der Waals surface area contributed by atoms with Crippen molar-refractivity contribution in [3.8, 4) is 17.5 Å². The number of hydrogen-bond donors (Lipinski definition) is 1. The molecule has 1 saturated heterocycles. The van der Waals surface area contributed by atoms with Crippen molar-refractivity contribution >= 4 is 11.8 Å². The summed E-state index contributed by atoms with van der Waals surface area (Å²) in [7, 11) is 1.48. The summed E-state index contributed by atoms with van der Waals surface area (Å²) in [6.45, 7) is 6.30. The molecule has 1 fully saturated rings. The highest BCUT2D eigenvalue weighted by Gasteiger charge is 2.33. The number of nitrogens with zero attached hydrogens (tertiary/aromatic N) is 3. The van der Waals surface area contributed by atoms with Crippen molar-refractivity contribution in [2.45, 2.75) is 45.3 Å². The predicted molar refractivity (Wildman–Crippen MR) is 104 cm³/mol. The van der Waals surface area contributed by atoms with Crippen LogP contribution in [0.4, 0.5) is 10.5 Å². The van der Waals surface area contributed by atoms with Gasteiger partial charge >= 0.3 is 6.09 Å². The van der Waals surface area contributed by atoms with Crippen LogP contribution in [0, 0.1) is 0 Å². The lowest BCUT2D eigenvalue weighted by Crippen LogP contribution is -2.36. The van der Waals surface area contributed by atoms with E-state index in [9.17, 15) is 4.79 Å². The fourth-order valence-corrected chi connectivity index (χ4v) is 3.13. The van der Waals surface area contributed by atoms with Gasteiger partial charge in [-0.2, -0.15) is 9.97 Å². The largest absolute Gasteiger partial charge is 0.479 e. The standard InChI is InChI=1S/C20H26N4O4/c1-20(2,3)28-19(25)24-11-5-6-15(24)13-7-9-14(10-8-13)27-18-16(21)17(26-4)22-12-23-18/h7-10,12,15H,5-6,11,21H2,1-4H3/t15-/m0/s1. The van der Waals surface area contributed by atoms with E-state index in [1.165, 1.54) is 13.4 Å². The van der Waals surface area contributed by atoms with Gasteiger partial charge in [0.2, 0.25) is 11.8 Å². The predicted octanol–water partition coefficient (Wildman–Crippen LogP) is 3.93. The van der Waals surface area contributed by atoms with Gasteiger partial charge < -0.3 is 24.8 Å². The Morgan fingerprint density at radius 3 is 2.50 bits per heavy atom. The van der Waals surface area contributed by atoms with Crippen LogP contribution in [0.2, 0.25) is 0 Å². The number of nitrogen functional groups attached to an aromatic ring is 1. The van der Waals surface area contributed by atoms with E-state index >= 15 is 0 Å². The van der Waals surface area contributed by atoms with Crippen molar-refractivity contribution in [3.05, 3.63) is 36.2 Å². The molecule has 3 rings (SSSR count). The van der Waals surface area contributed by atoms with E-state index in [2.05, 4.69) is 9.97 Å². The molecule has 1 aliphatic heterocycles. The molecule has 2 N–H and O–H groups in total. The number of hydrogen-bond acceptors (Lipinski definition) is 7. The summed E-state index contributed by atoms with van der Waals surface area (Å²) in [5.74, 6) is 1.08. The van der Waals surface area contributed by atoms with Crippen LogP contribution in [0.15, 0.2) is 30.6 Å². The van der Waals surface area contributed by atoms with E-state index in [1.54, 1.807) is 4.90 Å². The number of carbonyl (C=O) groups excluding carboxylic acids is 1. The first kappa shape index (κ1) is 19.7. The maximum absolute atomic E-state index is 12.5. The first-order valence-corrected chi connectivity index (χ1v) is 9.20. The zero-order chi connectivity index (χ0) is 20.3. The van der Waals surface area contributed by atoms with Gasteiger partial charge in [-0.3, -0.25) is 0 Å². The molecular weight excluding hydrogens is 360 g/mol. The van der Waals surface area contributed by atoms with Crippen LogP contribution in [0.5, 0.6) is 17.5 Å². The summed E-state index contributed by atoms with van der Waals surface area (Å²) in [5, 5.41) is 0. The maximum atomic E-state index is 12.5. The zero-order valence-corrected chi connectivity index (χ0v) is 16.6.